The highest BCUT2D eigenvalue weighted by atomic mass is 16.6. The molecular weight excluding hydrogens is 336 g/mol. The van der Waals surface area contributed by atoms with Crippen LogP contribution in [-0.4, -0.2) is 37.7 Å². The summed E-state index contributed by atoms with van der Waals surface area (Å²) in [5.41, 5.74) is 2.61. The Morgan fingerprint density at radius 1 is 0.808 bits per heavy atom. The molecule has 6 heteroatoms. The van der Waals surface area contributed by atoms with E-state index in [1.165, 1.54) is 0 Å². The minimum Gasteiger partial charge on any atom is -0.466 e. The van der Waals surface area contributed by atoms with Gasteiger partial charge in [0.1, 0.15) is 6.61 Å². The summed E-state index contributed by atoms with van der Waals surface area (Å²) in [5, 5.41) is 0. The van der Waals surface area contributed by atoms with Crippen LogP contribution in [-0.2, 0) is 19.0 Å². The average Bonchev–Trinajstić information content (AvgIpc) is 2.65. The fourth-order valence-corrected chi connectivity index (χ4v) is 2.09. The van der Waals surface area contributed by atoms with Gasteiger partial charge in [-0.15, -0.1) is 0 Å². The van der Waals surface area contributed by atoms with Gasteiger partial charge in [0, 0.05) is 0 Å². The van der Waals surface area contributed by atoms with E-state index in [1.807, 2.05) is 13.8 Å². The molecule has 2 rings (SSSR count). The highest BCUT2D eigenvalue weighted by Gasteiger charge is 2.26. The lowest BCUT2D eigenvalue weighted by atomic mass is 10.1. The fraction of sp³-hybridized carbons (Fsp3) is 0.250. The number of esters is 3. The molecule has 26 heavy (non-hydrogen) atoms. The number of hydrogen-bond donors (Lipinski definition) is 0. The number of benzene rings is 2. The second-order valence-corrected chi connectivity index (χ2v) is 5.75. The average molecular weight is 356 g/mol. The summed E-state index contributed by atoms with van der Waals surface area (Å²) in [6.07, 6.45) is -1.34. The predicted octanol–water partition coefficient (Wildman–Crippen LogP) is 2.86. The molecule has 0 unspecified atom stereocenters. The molecule has 0 radical (unpaired) electrons. The van der Waals surface area contributed by atoms with E-state index in [1.54, 1.807) is 48.5 Å². The van der Waals surface area contributed by atoms with Crippen LogP contribution in [0.15, 0.2) is 48.5 Å². The van der Waals surface area contributed by atoms with Crippen molar-refractivity contribution >= 4 is 17.9 Å². The first-order chi connectivity index (χ1) is 12.4. The predicted molar refractivity (Wildman–Crippen MR) is 93.9 cm³/mol. The van der Waals surface area contributed by atoms with Gasteiger partial charge in [-0.05, 0) is 38.1 Å². The zero-order valence-electron chi connectivity index (χ0n) is 14.9. The van der Waals surface area contributed by atoms with Crippen molar-refractivity contribution in [3.63, 3.8) is 0 Å². The van der Waals surface area contributed by atoms with Gasteiger partial charge in [-0.2, -0.15) is 0 Å². The molecule has 0 aliphatic rings. The van der Waals surface area contributed by atoms with Crippen molar-refractivity contribution in [2.24, 2.45) is 0 Å². The van der Waals surface area contributed by atoms with Crippen molar-refractivity contribution in [1.29, 1.82) is 0 Å². The van der Waals surface area contributed by atoms with Crippen molar-refractivity contribution < 1.29 is 28.6 Å². The summed E-state index contributed by atoms with van der Waals surface area (Å²) in [5.74, 6) is -2.13. The first-order valence-corrected chi connectivity index (χ1v) is 8.00. The number of carbonyl (C=O) groups is 3. The number of ether oxygens (including phenoxy) is 3. The second kappa shape index (κ2) is 8.80. The van der Waals surface area contributed by atoms with Crippen LogP contribution in [0.3, 0.4) is 0 Å². The van der Waals surface area contributed by atoms with Crippen LogP contribution in [0.2, 0.25) is 0 Å². The normalized spacial score (nSPS) is 11.3. The van der Waals surface area contributed by atoms with E-state index < -0.39 is 30.6 Å². The van der Waals surface area contributed by atoms with Crippen molar-refractivity contribution in [1.82, 2.24) is 0 Å². The Morgan fingerprint density at radius 3 is 1.73 bits per heavy atom. The number of carbonyl (C=O) groups excluding carboxylic acids is 3. The Labute approximate surface area is 151 Å². The van der Waals surface area contributed by atoms with Gasteiger partial charge in [-0.25, -0.2) is 14.4 Å². The standard InChI is InChI=1S/C20H20O6/c1-13-4-8-15(9-5-13)18(21)25-12-17(20(23)24-3)26-19(22)16-10-6-14(2)7-11-16/h4-11,17H,12H2,1-3H3/t17-/m0/s1. The Hall–Kier alpha value is -3.15. The molecule has 0 N–H and O–H groups in total. The fourth-order valence-electron chi connectivity index (χ4n) is 2.09. The summed E-state index contributed by atoms with van der Waals surface area (Å²) in [7, 11) is 1.16. The van der Waals surface area contributed by atoms with Crippen molar-refractivity contribution in [3.05, 3.63) is 70.8 Å². The number of rotatable bonds is 6. The first-order valence-electron chi connectivity index (χ1n) is 8.00. The number of methoxy groups -OCH3 is 1. The van der Waals surface area contributed by atoms with Gasteiger partial charge in [-0.3, -0.25) is 0 Å². The van der Waals surface area contributed by atoms with Gasteiger partial charge >= 0.3 is 17.9 Å². The molecule has 6 nitrogen and oxygen atoms in total. The van der Waals surface area contributed by atoms with Gasteiger partial charge in [0.25, 0.3) is 0 Å². The zero-order chi connectivity index (χ0) is 19.1. The van der Waals surface area contributed by atoms with Gasteiger partial charge in [0.05, 0.1) is 18.2 Å². The van der Waals surface area contributed by atoms with Crippen molar-refractivity contribution in [2.45, 2.75) is 20.0 Å². The molecule has 0 bridgehead atoms. The first kappa shape index (κ1) is 19.2. The molecule has 136 valence electrons. The summed E-state index contributed by atoms with van der Waals surface area (Å²) < 4.78 is 14.9. The minimum absolute atomic E-state index is 0.286. The molecule has 0 amide bonds. The Kier molecular flexibility index (Phi) is 6.49. The lowest BCUT2D eigenvalue weighted by Gasteiger charge is -2.16. The maximum absolute atomic E-state index is 12.2. The van der Waals surface area contributed by atoms with Gasteiger partial charge in [0.15, 0.2) is 0 Å². The van der Waals surface area contributed by atoms with E-state index in [9.17, 15) is 14.4 Å². The smallest absolute Gasteiger partial charge is 0.350 e. The molecule has 0 heterocycles. The third-order valence-corrected chi connectivity index (χ3v) is 3.65. The van der Waals surface area contributed by atoms with Crippen LogP contribution >= 0.6 is 0 Å². The van der Waals surface area contributed by atoms with E-state index in [4.69, 9.17) is 9.47 Å². The summed E-state index contributed by atoms with van der Waals surface area (Å²) in [4.78, 5) is 36.1. The van der Waals surface area contributed by atoms with Crippen LogP contribution in [0, 0.1) is 13.8 Å². The topological polar surface area (TPSA) is 78.9 Å². The third-order valence-electron chi connectivity index (χ3n) is 3.65. The highest BCUT2D eigenvalue weighted by molar-refractivity contribution is 5.92. The largest absolute Gasteiger partial charge is 0.466 e. The lowest BCUT2D eigenvalue weighted by Crippen LogP contribution is -2.33. The molecule has 0 saturated heterocycles. The van der Waals surface area contributed by atoms with Crippen LogP contribution in [0.25, 0.3) is 0 Å². The summed E-state index contributed by atoms with van der Waals surface area (Å²) >= 11 is 0. The number of hydrogen-bond acceptors (Lipinski definition) is 6. The molecule has 0 saturated carbocycles. The van der Waals surface area contributed by atoms with Crippen LogP contribution in [0.5, 0.6) is 0 Å². The highest BCUT2D eigenvalue weighted by Crippen LogP contribution is 2.10. The quantitative estimate of drug-likeness (QED) is 0.585. The Morgan fingerprint density at radius 2 is 1.27 bits per heavy atom. The molecule has 0 aromatic heterocycles. The van der Waals surface area contributed by atoms with Crippen molar-refractivity contribution in [3.8, 4) is 0 Å². The molecule has 0 fully saturated rings. The van der Waals surface area contributed by atoms with Crippen LogP contribution in [0.1, 0.15) is 31.8 Å². The van der Waals surface area contributed by atoms with Crippen molar-refractivity contribution in [2.75, 3.05) is 13.7 Å². The Bertz CT molecular complexity index is 777. The van der Waals surface area contributed by atoms with Gasteiger partial charge < -0.3 is 14.2 Å². The lowest BCUT2D eigenvalue weighted by molar-refractivity contribution is -0.153. The van der Waals surface area contributed by atoms with Gasteiger partial charge in [-0.1, -0.05) is 35.4 Å². The summed E-state index contributed by atoms with van der Waals surface area (Å²) in [6, 6.07) is 13.4. The maximum Gasteiger partial charge on any atom is 0.350 e. The van der Waals surface area contributed by atoms with E-state index in [0.717, 1.165) is 18.2 Å². The minimum atomic E-state index is -1.34. The molecule has 2 aromatic carbocycles. The molecular formula is C20H20O6. The second-order valence-electron chi connectivity index (χ2n) is 5.75. The maximum atomic E-state index is 12.2. The third kappa shape index (κ3) is 5.17. The molecule has 0 aliphatic carbocycles. The van der Waals surface area contributed by atoms with Crippen LogP contribution in [0.4, 0.5) is 0 Å². The molecule has 2 aromatic rings. The molecule has 0 spiro atoms. The summed E-state index contributed by atoms with van der Waals surface area (Å²) in [6.45, 7) is 3.35. The number of aryl methyl sites for hydroxylation is 2. The van der Waals surface area contributed by atoms with E-state index in [2.05, 4.69) is 4.74 Å². The monoisotopic (exact) mass is 356 g/mol. The van der Waals surface area contributed by atoms with Crippen LogP contribution < -0.4 is 0 Å². The zero-order valence-corrected chi connectivity index (χ0v) is 14.9. The SMILES string of the molecule is COC(=O)[C@H](COC(=O)c1ccc(C)cc1)OC(=O)c1ccc(C)cc1. The molecule has 1 atom stereocenters. The molecule has 0 aliphatic heterocycles. The van der Waals surface area contributed by atoms with E-state index >= 15 is 0 Å². The van der Waals surface area contributed by atoms with E-state index in [-0.39, 0.29) is 5.56 Å². The Balaban J connectivity index is 2.01. The van der Waals surface area contributed by atoms with E-state index in [0.29, 0.717) is 5.56 Å². The van der Waals surface area contributed by atoms with Gasteiger partial charge in [0.2, 0.25) is 6.10 Å².